The van der Waals surface area contributed by atoms with Crippen LogP contribution in [-0.2, 0) is 11.2 Å². The molecule has 0 radical (unpaired) electrons. The minimum Gasteiger partial charge on any atom is -0.381 e. The van der Waals surface area contributed by atoms with Crippen molar-refractivity contribution in [3.05, 3.63) is 113 Å². The minimum atomic E-state index is -1.60. The van der Waals surface area contributed by atoms with Gasteiger partial charge in [0.25, 0.3) is 11.8 Å². The molecule has 3 aromatic heterocycles. The fraction of sp³-hybridized carbons (Fsp3) is 0.231. The average Bonchev–Trinajstić information content (AvgIpc) is 3.75. The van der Waals surface area contributed by atoms with E-state index in [-0.39, 0.29) is 34.7 Å². The van der Waals surface area contributed by atoms with Gasteiger partial charge >= 0.3 is 0 Å². The predicted octanol–water partition coefficient (Wildman–Crippen LogP) is 7.84. The first kappa shape index (κ1) is 32.4. The molecule has 0 bridgehead atoms. The number of carbonyl (C=O) groups is 2. The first-order valence-electron chi connectivity index (χ1n) is 17.0. The van der Waals surface area contributed by atoms with Gasteiger partial charge in [0.05, 0.1) is 32.7 Å². The number of pyridine rings is 1. The molecule has 13 heteroatoms. The number of para-hydroxylation sites is 2. The van der Waals surface area contributed by atoms with Gasteiger partial charge in [-0.25, -0.2) is 23.1 Å². The molecule has 6 heterocycles. The summed E-state index contributed by atoms with van der Waals surface area (Å²) in [5, 5.41) is 2.90. The summed E-state index contributed by atoms with van der Waals surface area (Å²) in [4.78, 5) is 44.4. The molecule has 3 aromatic carbocycles. The molecular weight excluding hydrogens is 690 g/mol. The van der Waals surface area contributed by atoms with Crippen molar-refractivity contribution in [2.24, 2.45) is 5.41 Å². The van der Waals surface area contributed by atoms with Crippen LogP contribution in [0.3, 0.4) is 0 Å². The van der Waals surface area contributed by atoms with Gasteiger partial charge in [-0.15, -0.1) is 11.3 Å². The number of benzene rings is 3. The topological polar surface area (TPSA) is 103 Å². The number of aromatic amines is 1. The van der Waals surface area contributed by atoms with E-state index in [1.807, 2.05) is 30.3 Å². The smallest absolute Gasteiger partial charge is 0.259 e. The summed E-state index contributed by atoms with van der Waals surface area (Å²) >= 11 is 1.20. The number of hydrogen-bond acceptors (Lipinski definition) is 7. The predicted molar refractivity (Wildman–Crippen MR) is 193 cm³/mol. The maximum absolute atomic E-state index is 15.7. The lowest BCUT2D eigenvalue weighted by molar-refractivity contribution is -0.000509. The highest BCUT2D eigenvalue weighted by Crippen LogP contribution is 2.47. The van der Waals surface area contributed by atoms with E-state index in [1.165, 1.54) is 16.2 Å². The quantitative estimate of drug-likeness (QED) is 0.176. The van der Waals surface area contributed by atoms with Crippen molar-refractivity contribution in [3.8, 4) is 21.1 Å². The number of amides is 2. The van der Waals surface area contributed by atoms with Crippen LogP contribution in [0.25, 0.3) is 32.2 Å². The Balaban J connectivity index is 0.963. The zero-order valence-electron chi connectivity index (χ0n) is 27.7. The summed E-state index contributed by atoms with van der Waals surface area (Å²) in [5.41, 5.74) is 3.38. The summed E-state index contributed by atoms with van der Waals surface area (Å²) in [6, 6.07) is 20.0. The molecule has 2 amide bonds. The van der Waals surface area contributed by atoms with Crippen LogP contribution >= 0.6 is 11.3 Å². The summed E-state index contributed by atoms with van der Waals surface area (Å²) in [6.07, 6.45) is 3.97. The number of nitrogens with zero attached hydrogens (tertiary/aromatic N) is 4. The molecule has 0 saturated carbocycles. The summed E-state index contributed by atoms with van der Waals surface area (Å²) in [5.74, 6) is -4.01. The Morgan fingerprint density at radius 3 is 2.52 bits per heavy atom. The number of fused-ring (bicyclic) bond motifs is 4. The van der Waals surface area contributed by atoms with Crippen LogP contribution < -0.4 is 15.1 Å². The van der Waals surface area contributed by atoms with E-state index in [2.05, 4.69) is 25.2 Å². The van der Waals surface area contributed by atoms with Gasteiger partial charge in [0, 0.05) is 66.7 Å². The molecule has 9 rings (SSSR count). The number of halogens is 3. The van der Waals surface area contributed by atoms with Gasteiger partial charge in [-0.2, -0.15) is 0 Å². The van der Waals surface area contributed by atoms with E-state index < -0.39 is 23.4 Å². The Kier molecular flexibility index (Phi) is 7.85. The van der Waals surface area contributed by atoms with Crippen LogP contribution in [-0.4, -0.2) is 59.6 Å². The number of imidazole rings is 1. The van der Waals surface area contributed by atoms with E-state index in [4.69, 9.17) is 4.74 Å². The van der Waals surface area contributed by atoms with E-state index in [0.717, 1.165) is 56.2 Å². The average molecular weight is 721 g/mol. The van der Waals surface area contributed by atoms with Crippen LogP contribution in [0.4, 0.5) is 30.4 Å². The molecule has 262 valence electrons. The Morgan fingerprint density at radius 2 is 1.73 bits per heavy atom. The van der Waals surface area contributed by atoms with Crippen molar-refractivity contribution < 1.29 is 27.5 Å². The SMILES string of the molecule is O=C(Nc1ccc(C(=O)N2CCc3cc(-c4nc5ccccc5[nH]4)sc3-c3c2cc(F)c(F)c3F)cc1)c1cccnc1N1CC2(CCOCC2)C1. The monoisotopic (exact) mass is 720 g/mol. The van der Waals surface area contributed by atoms with Crippen molar-refractivity contribution in [2.75, 3.05) is 48.0 Å². The number of carbonyl (C=O) groups excluding carboxylic acids is 2. The Hall–Kier alpha value is -5.53. The van der Waals surface area contributed by atoms with Gasteiger partial charge in [0.2, 0.25) is 0 Å². The van der Waals surface area contributed by atoms with E-state index in [9.17, 15) is 18.4 Å². The molecule has 0 unspecified atom stereocenters. The maximum atomic E-state index is 15.7. The summed E-state index contributed by atoms with van der Waals surface area (Å²) in [7, 11) is 0. The second kappa shape index (κ2) is 12.6. The van der Waals surface area contributed by atoms with Crippen molar-refractivity contribution >= 4 is 51.4 Å². The lowest BCUT2D eigenvalue weighted by Gasteiger charge is -2.53. The van der Waals surface area contributed by atoms with E-state index in [0.29, 0.717) is 44.6 Å². The number of hydrogen-bond donors (Lipinski definition) is 2. The highest BCUT2D eigenvalue weighted by atomic mass is 32.1. The van der Waals surface area contributed by atoms with Gasteiger partial charge in [-0.3, -0.25) is 9.59 Å². The van der Waals surface area contributed by atoms with Crippen LogP contribution in [0, 0.1) is 22.9 Å². The molecule has 2 fully saturated rings. The second-order valence-electron chi connectivity index (χ2n) is 13.5. The Bertz CT molecular complexity index is 2350. The van der Waals surface area contributed by atoms with Crippen molar-refractivity contribution in [3.63, 3.8) is 0 Å². The molecule has 1 spiro atoms. The molecule has 9 nitrogen and oxygen atoms in total. The molecule has 0 aliphatic carbocycles. The molecule has 52 heavy (non-hydrogen) atoms. The van der Waals surface area contributed by atoms with Gasteiger partial charge in [-0.1, -0.05) is 12.1 Å². The van der Waals surface area contributed by atoms with Gasteiger partial charge in [-0.05, 0) is 79.4 Å². The standard InChI is InChI=1S/C39H31F3N6O3S/c40-26-19-29-31(33(42)32(26)41)34-23(18-30(52-34)35-45-27-5-1-2-6-28(27)46-35)11-15-48(29)38(50)22-7-9-24(10-8-22)44-37(49)25-4-3-14-43-36(25)47-20-39(21-47)12-16-51-17-13-39/h1-10,14,18-19H,11-13,15-17,20-21H2,(H,44,49)(H,45,46). The number of ether oxygens (including phenoxy) is 1. The number of H-pyrrole nitrogens is 1. The highest BCUT2D eigenvalue weighted by Gasteiger charge is 2.45. The Morgan fingerprint density at radius 1 is 0.942 bits per heavy atom. The zero-order valence-corrected chi connectivity index (χ0v) is 28.5. The normalized spacial score (nSPS) is 16.3. The largest absolute Gasteiger partial charge is 0.381 e. The van der Waals surface area contributed by atoms with Crippen LogP contribution in [0.15, 0.2) is 79.0 Å². The fourth-order valence-electron chi connectivity index (χ4n) is 7.50. The van der Waals surface area contributed by atoms with Crippen LogP contribution in [0.2, 0.25) is 0 Å². The zero-order chi connectivity index (χ0) is 35.6. The van der Waals surface area contributed by atoms with E-state index in [1.54, 1.807) is 42.6 Å². The maximum Gasteiger partial charge on any atom is 0.259 e. The molecule has 2 saturated heterocycles. The second-order valence-corrected chi connectivity index (χ2v) is 14.6. The molecule has 2 N–H and O–H groups in total. The highest BCUT2D eigenvalue weighted by molar-refractivity contribution is 7.19. The van der Waals surface area contributed by atoms with Gasteiger partial charge in [0.15, 0.2) is 17.5 Å². The Labute approximate surface area is 300 Å². The number of aromatic nitrogens is 3. The third kappa shape index (κ3) is 5.51. The molecular formula is C39H31F3N6O3S. The fourth-order valence-corrected chi connectivity index (χ4v) is 8.70. The van der Waals surface area contributed by atoms with Gasteiger partial charge in [0.1, 0.15) is 11.6 Å². The minimum absolute atomic E-state index is 0.0619. The van der Waals surface area contributed by atoms with Crippen molar-refractivity contribution in [1.82, 2.24) is 15.0 Å². The van der Waals surface area contributed by atoms with Gasteiger partial charge < -0.3 is 24.8 Å². The van der Waals surface area contributed by atoms with Crippen LogP contribution in [0.5, 0.6) is 0 Å². The first-order valence-corrected chi connectivity index (χ1v) is 17.9. The molecule has 3 aliphatic rings. The summed E-state index contributed by atoms with van der Waals surface area (Å²) in [6.45, 7) is 3.23. The molecule has 3 aliphatic heterocycles. The third-order valence-corrected chi connectivity index (χ3v) is 11.5. The lowest BCUT2D eigenvalue weighted by Crippen LogP contribution is -2.59. The summed E-state index contributed by atoms with van der Waals surface area (Å²) < 4.78 is 50.8. The molecule has 0 atom stereocenters. The number of rotatable bonds is 5. The first-order chi connectivity index (χ1) is 25.3. The number of anilines is 3. The molecule has 6 aromatic rings. The number of nitrogens with one attached hydrogen (secondary N) is 2. The van der Waals surface area contributed by atoms with E-state index >= 15 is 4.39 Å². The third-order valence-electron chi connectivity index (χ3n) is 10.3. The van der Waals surface area contributed by atoms with Crippen molar-refractivity contribution in [1.29, 1.82) is 0 Å². The van der Waals surface area contributed by atoms with Crippen molar-refractivity contribution in [2.45, 2.75) is 19.3 Å². The van der Waals surface area contributed by atoms with Crippen LogP contribution in [0.1, 0.15) is 39.1 Å². The lowest BCUT2D eigenvalue weighted by atomic mass is 9.73. The number of thiophene rings is 1.